The zero-order valence-electron chi connectivity index (χ0n) is 14.4. The molecule has 6 nitrogen and oxygen atoms in total. The first-order valence-electron chi connectivity index (χ1n) is 8.31. The van der Waals surface area contributed by atoms with E-state index in [4.69, 9.17) is 5.11 Å². The monoisotopic (exact) mass is 407 g/mol. The van der Waals surface area contributed by atoms with Crippen LogP contribution in [0.25, 0.3) is 6.08 Å². The van der Waals surface area contributed by atoms with Crippen molar-refractivity contribution < 1.29 is 14.7 Å². The molecule has 0 fully saturated rings. The first-order valence-corrected chi connectivity index (χ1v) is 9.10. The number of amides is 2. The second-order valence-corrected chi connectivity index (χ2v) is 6.75. The Morgan fingerprint density at radius 2 is 1.96 bits per heavy atom. The van der Waals surface area contributed by atoms with Gasteiger partial charge in [-0.2, -0.15) is 0 Å². The molecule has 0 aromatic heterocycles. The van der Waals surface area contributed by atoms with Gasteiger partial charge >= 0.3 is 6.09 Å². The molecule has 25 heavy (non-hydrogen) atoms. The highest BCUT2D eigenvalue weighted by molar-refractivity contribution is 9.10. The van der Waals surface area contributed by atoms with Crippen LogP contribution in [0.5, 0.6) is 0 Å². The summed E-state index contributed by atoms with van der Waals surface area (Å²) in [5.74, 6) is 0.177. The van der Waals surface area contributed by atoms with Crippen molar-refractivity contribution in [2.75, 3.05) is 13.1 Å². The van der Waals surface area contributed by atoms with E-state index in [-0.39, 0.29) is 18.2 Å². The molecule has 2 rings (SSSR count). The molecule has 0 saturated carbocycles. The zero-order chi connectivity index (χ0) is 18.4. The van der Waals surface area contributed by atoms with Crippen LogP contribution in [0.1, 0.15) is 38.7 Å². The summed E-state index contributed by atoms with van der Waals surface area (Å²) < 4.78 is 0.839. The second-order valence-electron chi connectivity index (χ2n) is 5.83. The standard InChI is InChI=1S/C18H22BrN3O3/c1-3-7-22(8-4-2)17(23)13-9-12-5-6-14(19)11-15(12)20-16(10-13)21-18(24)25/h5-6,9,11H,3-4,7-8,10H2,1-2H3,(H,20,21)(H,24,25). The molecule has 1 aromatic rings. The Balaban J connectivity index is 2.43. The van der Waals surface area contributed by atoms with Crippen LogP contribution in [-0.2, 0) is 4.79 Å². The summed E-state index contributed by atoms with van der Waals surface area (Å²) in [6, 6.07) is 5.54. The van der Waals surface area contributed by atoms with Gasteiger partial charge in [-0.25, -0.2) is 9.79 Å². The molecule has 1 aromatic carbocycles. The van der Waals surface area contributed by atoms with Crippen molar-refractivity contribution in [3.63, 3.8) is 0 Å². The molecule has 1 aliphatic heterocycles. The second kappa shape index (κ2) is 8.80. The minimum atomic E-state index is -1.19. The number of fused-ring (bicyclic) bond motifs is 1. The third-order valence-corrected chi connectivity index (χ3v) is 4.23. The van der Waals surface area contributed by atoms with Gasteiger partial charge < -0.3 is 10.0 Å². The summed E-state index contributed by atoms with van der Waals surface area (Å²) >= 11 is 3.39. The number of nitrogens with one attached hydrogen (secondary N) is 1. The summed E-state index contributed by atoms with van der Waals surface area (Å²) in [4.78, 5) is 30.2. The number of hydrogen-bond acceptors (Lipinski definition) is 3. The average molecular weight is 408 g/mol. The number of rotatable bonds is 5. The summed E-state index contributed by atoms with van der Waals surface area (Å²) in [5.41, 5.74) is 1.95. The molecular formula is C18H22BrN3O3. The SMILES string of the molecule is CCCN(CCC)C(=O)C1=Cc2ccc(Br)cc2N=C(NC(=O)O)C1. The van der Waals surface area contributed by atoms with Gasteiger partial charge in [-0.15, -0.1) is 0 Å². The van der Waals surface area contributed by atoms with E-state index in [1.807, 2.05) is 37.0 Å². The highest BCUT2D eigenvalue weighted by Gasteiger charge is 2.22. The van der Waals surface area contributed by atoms with Crippen LogP contribution >= 0.6 is 15.9 Å². The molecule has 0 aliphatic carbocycles. The lowest BCUT2D eigenvalue weighted by atomic mass is 10.1. The molecule has 134 valence electrons. The van der Waals surface area contributed by atoms with Crippen molar-refractivity contribution in [1.82, 2.24) is 10.2 Å². The Hall–Kier alpha value is -2.15. The number of amidine groups is 1. The Labute approximate surface area is 155 Å². The van der Waals surface area contributed by atoms with Crippen LogP contribution in [0.3, 0.4) is 0 Å². The Morgan fingerprint density at radius 1 is 1.28 bits per heavy atom. The largest absolute Gasteiger partial charge is 0.465 e. The third kappa shape index (κ3) is 5.16. The van der Waals surface area contributed by atoms with Crippen LogP contribution in [0.15, 0.2) is 33.2 Å². The van der Waals surface area contributed by atoms with Crippen molar-refractivity contribution in [2.24, 2.45) is 4.99 Å². The lowest BCUT2D eigenvalue weighted by Gasteiger charge is -2.23. The Morgan fingerprint density at radius 3 is 2.56 bits per heavy atom. The minimum Gasteiger partial charge on any atom is -0.465 e. The Bertz CT molecular complexity index is 722. The predicted octanol–water partition coefficient (Wildman–Crippen LogP) is 4.18. The first kappa shape index (κ1) is 19.2. The highest BCUT2D eigenvalue weighted by Crippen LogP contribution is 2.30. The van der Waals surface area contributed by atoms with E-state index < -0.39 is 6.09 Å². The number of aliphatic imine (C=N–C) groups is 1. The number of nitrogens with zero attached hydrogens (tertiary/aromatic N) is 2. The molecule has 0 bridgehead atoms. The fourth-order valence-corrected chi connectivity index (χ4v) is 3.08. The average Bonchev–Trinajstić information content (AvgIpc) is 2.71. The van der Waals surface area contributed by atoms with Crippen LogP contribution < -0.4 is 5.32 Å². The lowest BCUT2D eigenvalue weighted by Crippen LogP contribution is -2.36. The van der Waals surface area contributed by atoms with Gasteiger partial charge in [-0.05, 0) is 31.1 Å². The lowest BCUT2D eigenvalue weighted by molar-refractivity contribution is -0.127. The van der Waals surface area contributed by atoms with E-state index in [1.165, 1.54) is 0 Å². The van der Waals surface area contributed by atoms with Crippen LogP contribution in [0.2, 0.25) is 0 Å². The third-order valence-electron chi connectivity index (χ3n) is 3.74. The number of carbonyl (C=O) groups is 2. The highest BCUT2D eigenvalue weighted by atomic mass is 79.9. The van der Waals surface area contributed by atoms with Gasteiger partial charge in [-0.3, -0.25) is 10.1 Å². The molecule has 1 aliphatic rings. The predicted molar refractivity (Wildman–Crippen MR) is 102 cm³/mol. The van der Waals surface area contributed by atoms with Gasteiger partial charge in [0.1, 0.15) is 5.84 Å². The van der Waals surface area contributed by atoms with E-state index >= 15 is 0 Å². The molecule has 1 heterocycles. The number of benzene rings is 1. The number of carbonyl (C=O) groups excluding carboxylic acids is 1. The summed E-state index contributed by atoms with van der Waals surface area (Å²) in [5, 5.41) is 11.4. The minimum absolute atomic E-state index is 0.0700. The molecular weight excluding hydrogens is 386 g/mol. The Kier molecular flexibility index (Phi) is 6.75. The van der Waals surface area contributed by atoms with Gasteiger partial charge in [0.2, 0.25) is 5.91 Å². The molecule has 0 radical (unpaired) electrons. The maximum atomic E-state index is 13.0. The van der Waals surface area contributed by atoms with Crippen molar-refractivity contribution in [2.45, 2.75) is 33.1 Å². The summed E-state index contributed by atoms with van der Waals surface area (Å²) in [6.45, 7) is 5.41. The van der Waals surface area contributed by atoms with E-state index in [2.05, 4.69) is 26.2 Å². The van der Waals surface area contributed by atoms with Crippen LogP contribution in [0, 0.1) is 0 Å². The summed E-state index contributed by atoms with van der Waals surface area (Å²) in [6.07, 6.45) is 2.51. The molecule has 0 saturated heterocycles. The van der Waals surface area contributed by atoms with Crippen molar-refractivity contribution in [3.8, 4) is 0 Å². The quantitative estimate of drug-likeness (QED) is 0.767. The zero-order valence-corrected chi connectivity index (χ0v) is 16.0. The van der Waals surface area contributed by atoms with E-state index in [0.29, 0.717) is 24.4 Å². The van der Waals surface area contributed by atoms with E-state index in [0.717, 1.165) is 22.9 Å². The number of halogens is 1. The number of carboxylic acid groups (broad SMARTS) is 1. The molecule has 2 N–H and O–H groups in total. The molecule has 0 atom stereocenters. The van der Waals surface area contributed by atoms with E-state index in [9.17, 15) is 9.59 Å². The number of hydrogen-bond donors (Lipinski definition) is 2. The fourth-order valence-electron chi connectivity index (χ4n) is 2.73. The van der Waals surface area contributed by atoms with Crippen LogP contribution in [0.4, 0.5) is 10.5 Å². The van der Waals surface area contributed by atoms with Crippen LogP contribution in [-0.4, -0.2) is 40.9 Å². The molecule has 0 unspecified atom stereocenters. The van der Waals surface area contributed by atoms with Gasteiger partial charge in [0.05, 0.1) is 5.69 Å². The smallest absolute Gasteiger partial charge is 0.410 e. The van der Waals surface area contributed by atoms with Gasteiger partial charge in [0, 0.05) is 35.1 Å². The maximum absolute atomic E-state index is 13.0. The maximum Gasteiger partial charge on any atom is 0.410 e. The molecule has 0 spiro atoms. The van der Waals surface area contributed by atoms with Crippen molar-refractivity contribution in [3.05, 3.63) is 33.8 Å². The van der Waals surface area contributed by atoms with Gasteiger partial charge in [-0.1, -0.05) is 35.8 Å². The van der Waals surface area contributed by atoms with E-state index in [1.54, 1.807) is 6.07 Å². The fraction of sp³-hybridized carbons (Fsp3) is 0.389. The molecule has 2 amide bonds. The normalized spacial score (nSPS) is 13.2. The summed E-state index contributed by atoms with van der Waals surface area (Å²) in [7, 11) is 0. The molecule has 7 heteroatoms. The van der Waals surface area contributed by atoms with Gasteiger partial charge in [0.15, 0.2) is 0 Å². The van der Waals surface area contributed by atoms with Crippen molar-refractivity contribution >= 4 is 45.5 Å². The topological polar surface area (TPSA) is 82.0 Å². The van der Waals surface area contributed by atoms with Gasteiger partial charge in [0.25, 0.3) is 0 Å². The van der Waals surface area contributed by atoms with Crippen molar-refractivity contribution in [1.29, 1.82) is 0 Å². The first-order chi connectivity index (χ1) is 11.9.